The van der Waals surface area contributed by atoms with Crippen molar-refractivity contribution in [1.29, 1.82) is 0 Å². The Bertz CT molecular complexity index is 2050. The molecule has 2 unspecified atom stereocenters. The summed E-state index contributed by atoms with van der Waals surface area (Å²) in [6, 6.07) is 0. The number of Topliss-reactive ketones (excluding diaryl/α,β-unsaturated/α-hetero) is 1. The number of carbonyl (C=O) groups is 3. The average Bonchev–Trinajstić information content (AvgIpc) is 3.84. The summed E-state index contributed by atoms with van der Waals surface area (Å²) in [4.78, 5) is 42.0. The second kappa shape index (κ2) is 14.7. The first-order valence-corrected chi connectivity index (χ1v) is 27.9. The second-order valence-electron chi connectivity index (χ2n) is 29.5. The minimum absolute atomic E-state index is 0.0187. The third-order valence-electron chi connectivity index (χ3n) is 27.7. The van der Waals surface area contributed by atoms with Gasteiger partial charge in [-0.25, -0.2) is 0 Å². The zero-order valence-electron chi connectivity index (χ0n) is 43.9. The third kappa shape index (κ3) is 5.61. The van der Waals surface area contributed by atoms with Gasteiger partial charge in [0.15, 0.2) is 0 Å². The molecule has 0 spiro atoms. The number of fused-ring (bicyclic) bond motifs is 14. The average molecular weight is 911 g/mol. The standard InChI is InChI=1S/C60H94O6/c1-34(2)37-19-29-60(50(65)66)36(33-58(13)40(48(37)60)15-17-44-54(9)25-23-46(62)52(6,7)42(54)21-27-57(44,58)12)32-35(3)38-18-28-59(49(63)64)31-30-55(10)39(47(38)59)14-16-43-53(8)24-22-45(61)51(4,5)41(53)20-26-56(43,55)11/h35-44,46-48,62H,1,14-33H2,2-13H3,(H,63,64)(H,65,66)/t35?,36?,37-,38-,39+,40+,41-,42-,43+,44+,46-,47+,48+,53-,54-,55+,56+,57+,58+,59-,60-/m0/s1. The van der Waals surface area contributed by atoms with Crippen LogP contribution in [-0.2, 0) is 14.4 Å². The first-order chi connectivity index (χ1) is 30.6. The maximum atomic E-state index is 14.5. The maximum Gasteiger partial charge on any atom is 0.310 e. The Hall–Kier alpha value is -1.69. The van der Waals surface area contributed by atoms with E-state index in [4.69, 9.17) is 0 Å². The summed E-state index contributed by atoms with van der Waals surface area (Å²) in [5, 5.41) is 34.8. The van der Waals surface area contributed by atoms with Gasteiger partial charge in [0.05, 0.1) is 16.9 Å². The van der Waals surface area contributed by atoms with Crippen molar-refractivity contribution in [2.45, 2.75) is 218 Å². The molecule has 0 aromatic heterocycles. The largest absolute Gasteiger partial charge is 0.481 e. The van der Waals surface area contributed by atoms with E-state index in [9.17, 15) is 29.7 Å². The molecule has 10 fully saturated rings. The fourth-order valence-electron chi connectivity index (χ4n) is 24.2. The van der Waals surface area contributed by atoms with Crippen molar-refractivity contribution >= 4 is 17.7 Å². The summed E-state index contributed by atoms with van der Waals surface area (Å²) in [6.07, 6.45) is 19.2. The number of rotatable bonds is 6. The van der Waals surface area contributed by atoms with Crippen molar-refractivity contribution in [3.63, 3.8) is 0 Å². The zero-order valence-corrected chi connectivity index (χ0v) is 43.9. The fourth-order valence-corrected chi connectivity index (χ4v) is 24.2. The van der Waals surface area contributed by atoms with Gasteiger partial charge < -0.3 is 15.3 Å². The highest BCUT2D eigenvalue weighted by Crippen LogP contribution is 2.81. The highest BCUT2D eigenvalue weighted by atomic mass is 16.4. The monoisotopic (exact) mass is 911 g/mol. The van der Waals surface area contributed by atoms with E-state index in [1.54, 1.807) is 0 Å². The molecule has 0 amide bonds. The predicted molar refractivity (Wildman–Crippen MR) is 262 cm³/mol. The molecule has 0 saturated heterocycles. The summed E-state index contributed by atoms with van der Waals surface area (Å²) in [7, 11) is 0. The van der Waals surface area contributed by atoms with Gasteiger partial charge in [0.1, 0.15) is 5.78 Å². The van der Waals surface area contributed by atoms with E-state index in [0.29, 0.717) is 47.7 Å². The Morgan fingerprint density at radius 2 is 1.21 bits per heavy atom. The zero-order chi connectivity index (χ0) is 48.0. The quantitative estimate of drug-likeness (QED) is 0.229. The van der Waals surface area contributed by atoms with Crippen molar-refractivity contribution in [3.05, 3.63) is 12.2 Å². The van der Waals surface area contributed by atoms with Crippen LogP contribution >= 0.6 is 0 Å². The molecular weight excluding hydrogens is 817 g/mol. The van der Waals surface area contributed by atoms with E-state index >= 15 is 0 Å². The van der Waals surface area contributed by atoms with E-state index in [2.05, 4.69) is 89.7 Å². The van der Waals surface area contributed by atoms with Crippen molar-refractivity contribution in [3.8, 4) is 0 Å². The van der Waals surface area contributed by atoms with Crippen LogP contribution in [0, 0.1) is 125 Å². The number of carboxylic acid groups (broad SMARTS) is 2. The van der Waals surface area contributed by atoms with Crippen molar-refractivity contribution < 1.29 is 29.7 Å². The molecule has 10 aliphatic carbocycles. The van der Waals surface area contributed by atoms with E-state index in [1.807, 2.05) is 0 Å². The first-order valence-electron chi connectivity index (χ1n) is 27.9. The van der Waals surface area contributed by atoms with Gasteiger partial charge in [0, 0.05) is 11.8 Å². The van der Waals surface area contributed by atoms with E-state index in [0.717, 1.165) is 122 Å². The lowest BCUT2D eigenvalue weighted by Gasteiger charge is -2.73. The molecule has 3 N–H and O–H groups in total. The van der Waals surface area contributed by atoms with Crippen molar-refractivity contribution in [2.75, 3.05) is 0 Å². The summed E-state index contributed by atoms with van der Waals surface area (Å²) in [5.41, 5.74) is -0.337. The number of ketones is 1. The fraction of sp³-hybridized carbons (Fsp3) is 0.917. The van der Waals surface area contributed by atoms with Crippen LogP contribution in [0.25, 0.3) is 0 Å². The molecule has 21 atom stereocenters. The number of hydrogen-bond acceptors (Lipinski definition) is 4. The normalized spacial score (nSPS) is 55.9. The van der Waals surface area contributed by atoms with Crippen LogP contribution in [0.3, 0.4) is 0 Å². The van der Waals surface area contributed by atoms with Crippen LogP contribution in [0.1, 0.15) is 212 Å². The smallest absolute Gasteiger partial charge is 0.310 e. The minimum Gasteiger partial charge on any atom is -0.481 e. The number of aliphatic hydroxyl groups is 1. The van der Waals surface area contributed by atoms with Crippen LogP contribution < -0.4 is 0 Å². The second-order valence-corrected chi connectivity index (χ2v) is 29.5. The molecule has 10 aliphatic rings. The third-order valence-corrected chi connectivity index (χ3v) is 27.7. The van der Waals surface area contributed by atoms with Gasteiger partial charge in [-0.3, -0.25) is 14.4 Å². The molecule has 6 heteroatoms. The van der Waals surface area contributed by atoms with Crippen LogP contribution in [0.5, 0.6) is 0 Å². The highest BCUT2D eigenvalue weighted by Gasteiger charge is 2.76. The van der Waals surface area contributed by atoms with Gasteiger partial charge in [-0.15, -0.1) is 0 Å². The molecule has 0 radical (unpaired) electrons. The molecule has 6 nitrogen and oxygen atoms in total. The number of allylic oxidation sites excluding steroid dienone is 1. The molecule has 66 heavy (non-hydrogen) atoms. The summed E-state index contributed by atoms with van der Waals surface area (Å²) in [6.45, 7) is 34.0. The summed E-state index contributed by atoms with van der Waals surface area (Å²) in [5.74, 6) is 2.82. The molecule has 370 valence electrons. The molecule has 10 rings (SSSR count). The molecular formula is C60H94O6. The summed E-state index contributed by atoms with van der Waals surface area (Å²) >= 11 is 0. The molecule has 0 aliphatic heterocycles. The van der Waals surface area contributed by atoms with Gasteiger partial charge in [0.25, 0.3) is 0 Å². The molecule has 0 heterocycles. The van der Waals surface area contributed by atoms with Gasteiger partial charge in [-0.05, 0) is 238 Å². The highest BCUT2D eigenvalue weighted by molar-refractivity contribution is 5.85. The van der Waals surface area contributed by atoms with Gasteiger partial charge >= 0.3 is 11.9 Å². The minimum atomic E-state index is -0.790. The van der Waals surface area contributed by atoms with Crippen molar-refractivity contribution in [2.24, 2.45) is 125 Å². The van der Waals surface area contributed by atoms with Crippen molar-refractivity contribution in [1.82, 2.24) is 0 Å². The van der Waals surface area contributed by atoms with Gasteiger partial charge in [-0.2, -0.15) is 0 Å². The SMILES string of the molecule is C=C(C)[C@@H]1CC[C@]2(C(=O)O)C(CC(C)[C@@H]3CC[C@]4(C(=O)O)CC[C@]5(C)[C@H](CC[C@@H]6[C@@]7(C)CCC(=O)C(C)(C)[C@@H]7CC[C@]65C)[C@@H]34)C[C@]3(C)[C@H](CC[C@@H]4[C@@]5(C)CC[C@H](O)C(C)(C)[C@@H]5CC[C@]43C)[C@@H]12. The number of carbonyl (C=O) groups excluding carboxylic acids is 1. The predicted octanol–water partition coefficient (Wildman–Crippen LogP) is 14.1. The Kier molecular flexibility index (Phi) is 10.7. The lowest BCUT2D eigenvalue weighted by molar-refractivity contribution is -0.258. The Labute approximate surface area is 400 Å². The van der Waals surface area contributed by atoms with E-state index in [-0.39, 0.29) is 84.9 Å². The molecule has 0 aromatic rings. The van der Waals surface area contributed by atoms with Crippen LogP contribution in [-0.4, -0.2) is 39.1 Å². The Morgan fingerprint density at radius 3 is 1.82 bits per heavy atom. The number of hydrogen-bond donors (Lipinski definition) is 3. The molecule has 10 saturated carbocycles. The Balaban J connectivity index is 1.01. The van der Waals surface area contributed by atoms with Gasteiger partial charge in [0.2, 0.25) is 0 Å². The van der Waals surface area contributed by atoms with Crippen LogP contribution in [0.15, 0.2) is 12.2 Å². The molecule has 0 aromatic carbocycles. The number of aliphatic carboxylic acids is 2. The maximum absolute atomic E-state index is 14.5. The number of carboxylic acids is 2. The van der Waals surface area contributed by atoms with Gasteiger partial charge in [-0.1, -0.05) is 88.3 Å². The van der Waals surface area contributed by atoms with E-state index in [1.165, 1.54) is 5.57 Å². The topological polar surface area (TPSA) is 112 Å². The number of aliphatic hydroxyl groups excluding tert-OH is 1. The lowest BCUT2D eigenvalue weighted by Crippen LogP contribution is -2.68. The van der Waals surface area contributed by atoms with E-state index < -0.39 is 22.8 Å². The molecule has 0 bridgehead atoms. The first kappa shape index (κ1) is 48.0. The lowest BCUT2D eigenvalue weighted by atomic mass is 9.31. The van der Waals surface area contributed by atoms with Crippen LogP contribution in [0.4, 0.5) is 0 Å². The van der Waals surface area contributed by atoms with Crippen LogP contribution in [0.2, 0.25) is 0 Å². The summed E-state index contributed by atoms with van der Waals surface area (Å²) < 4.78 is 0. The Morgan fingerprint density at radius 1 is 0.621 bits per heavy atom.